The molecule has 8 nitrogen and oxygen atoms in total. The number of furan rings is 1. The van der Waals surface area contributed by atoms with E-state index in [0.717, 1.165) is 36.3 Å². The number of rotatable bonds is 9. The molecule has 2 aromatic heterocycles. The van der Waals surface area contributed by atoms with Crippen LogP contribution in [0.25, 0.3) is 33.7 Å². The zero-order valence-corrected chi connectivity index (χ0v) is 21.5. The maximum absolute atomic E-state index is 13.6. The first-order chi connectivity index (χ1) is 17.0. The second kappa shape index (κ2) is 9.04. The quantitative estimate of drug-likeness (QED) is 0.335. The van der Waals surface area contributed by atoms with Gasteiger partial charge in [0.2, 0.25) is 10.0 Å². The van der Waals surface area contributed by atoms with E-state index in [1.807, 2.05) is 6.07 Å². The molecule has 0 amide bonds. The Morgan fingerprint density at radius 1 is 1.11 bits per heavy atom. The lowest BCUT2D eigenvalue weighted by molar-refractivity contribution is 0.590. The Morgan fingerprint density at radius 2 is 1.83 bits per heavy atom. The third-order valence-electron chi connectivity index (χ3n) is 6.24. The molecule has 1 N–H and O–H groups in total. The summed E-state index contributed by atoms with van der Waals surface area (Å²) in [4.78, 5) is 7.52. The molecule has 1 aliphatic rings. The molecule has 1 saturated carbocycles. The topological polar surface area (TPSA) is 113 Å². The van der Waals surface area contributed by atoms with Crippen molar-refractivity contribution < 1.29 is 25.6 Å². The summed E-state index contributed by atoms with van der Waals surface area (Å²) in [5.41, 5.74) is 3.18. The lowest BCUT2D eigenvalue weighted by Crippen LogP contribution is -2.32. The van der Waals surface area contributed by atoms with Crippen molar-refractivity contribution in [3.8, 4) is 22.7 Å². The molecule has 5 rings (SSSR count). The van der Waals surface area contributed by atoms with Crippen molar-refractivity contribution in [3.05, 3.63) is 60.2 Å². The molecular weight excluding hydrogens is 505 g/mol. The van der Waals surface area contributed by atoms with Crippen molar-refractivity contribution in [2.45, 2.75) is 25.2 Å². The SMILES string of the molecule is CS(=O)(=O)CCCN(c1cc2oc(-c3ccc(F)cc3)c(-c3ncc[nH]3)c2cc1C1CC1)S(C)(=O)=O. The molecule has 11 heteroatoms. The van der Waals surface area contributed by atoms with Gasteiger partial charge in [0.1, 0.15) is 32.8 Å². The van der Waals surface area contributed by atoms with Gasteiger partial charge in [-0.25, -0.2) is 26.2 Å². The van der Waals surface area contributed by atoms with Gasteiger partial charge < -0.3 is 9.40 Å². The summed E-state index contributed by atoms with van der Waals surface area (Å²) in [6.07, 6.45) is 7.61. The maximum atomic E-state index is 13.6. The normalized spacial score (nSPS) is 14.4. The zero-order chi connectivity index (χ0) is 25.7. The Kier molecular flexibility index (Phi) is 6.16. The monoisotopic (exact) mass is 531 g/mol. The number of nitrogens with one attached hydrogen (secondary N) is 1. The molecule has 4 aromatic rings. The summed E-state index contributed by atoms with van der Waals surface area (Å²) >= 11 is 0. The summed E-state index contributed by atoms with van der Waals surface area (Å²) in [7, 11) is -6.93. The predicted molar refractivity (Wildman–Crippen MR) is 138 cm³/mol. The van der Waals surface area contributed by atoms with Gasteiger partial charge in [-0.05, 0) is 61.1 Å². The molecule has 36 heavy (non-hydrogen) atoms. The molecular formula is C25H26FN3O5S2. The number of sulfonamides is 1. The summed E-state index contributed by atoms with van der Waals surface area (Å²) < 4.78 is 70.1. The summed E-state index contributed by atoms with van der Waals surface area (Å²) in [6.45, 7) is 0.0354. The van der Waals surface area contributed by atoms with E-state index in [-0.39, 0.29) is 30.5 Å². The van der Waals surface area contributed by atoms with Crippen molar-refractivity contribution in [1.29, 1.82) is 0 Å². The van der Waals surface area contributed by atoms with Crippen LogP contribution in [0.5, 0.6) is 0 Å². The van der Waals surface area contributed by atoms with Gasteiger partial charge in [-0.1, -0.05) is 0 Å². The first-order valence-corrected chi connectivity index (χ1v) is 15.4. The maximum Gasteiger partial charge on any atom is 0.232 e. The number of hydrogen-bond donors (Lipinski definition) is 1. The molecule has 0 atom stereocenters. The van der Waals surface area contributed by atoms with E-state index in [2.05, 4.69) is 9.97 Å². The van der Waals surface area contributed by atoms with E-state index in [0.29, 0.717) is 34.0 Å². The first-order valence-electron chi connectivity index (χ1n) is 11.5. The molecule has 0 unspecified atom stereocenters. The highest BCUT2D eigenvalue weighted by atomic mass is 32.2. The molecule has 2 heterocycles. The number of fused-ring (bicyclic) bond motifs is 1. The highest BCUT2D eigenvalue weighted by molar-refractivity contribution is 7.92. The van der Waals surface area contributed by atoms with E-state index >= 15 is 0 Å². The number of hydrogen-bond acceptors (Lipinski definition) is 6. The number of aromatic amines is 1. The van der Waals surface area contributed by atoms with E-state index in [4.69, 9.17) is 4.42 Å². The fourth-order valence-electron chi connectivity index (χ4n) is 4.46. The van der Waals surface area contributed by atoms with E-state index < -0.39 is 19.9 Å². The number of nitrogens with zero attached hydrogens (tertiary/aromatic N) is 2. The molecule has 0 aliphatic heterocycles. The van der Waals surface area contributed by atoms with Crippen LogP contribution < -0.4 is 4.31 Å². The molecule has 0 radical (unpaired) electrons. The molecule has 190 valence electrons. The molecule has 1 fully saturated rings. The lowest BCUT2D eigenvalue weighted by atomic mass is 10.0. The third-order valence-corrected chi connectivity index (χ3v) is 8.45. The number of aromatic nitrogens is 2. The van der Waals surface area contributed by atoms with Gasteiger partial charge in [-0.3, -0.25) is 4.31 Å². The number of imidazole rings is 1. The number of benzene rings is 2. The number of H-pyrrole nitrogens is 1. The second-order valence-corrected chi connectivity index (χ2v) is 13.4. The average Bonchev–Trinajstić information content (AvgIpc) is 3.36. The number of sulfone groups is 1. The van der Waals surface area contributed by atoms with Crippen LogP contribution in [0, 0.1) is 5.82 Å². The third kappa shape index (κ3) is 5.03. The molecule has 0 bridgehead atoms. The fourth-order valence-corrected chi connectivity index (χ4v) is 6.09. The van der Waals surface area contributed by atoms with Gasteiger partial charge >= 0.3 is 0 Å². The van der Waals surface area contributed by atoms with Crippen molar-refractivity contribution >= 4 is 36.5 Å². The first kappa shape index (κ1) is 24.5. The summed E-state index contributed by atoms with van der Waals surface area (Å²) in [5.74, 6) is 0.776. The van der Waals surface area contributed by atoms with E-state index in [9.17, 15) is 21.2 Å². The van der Waals surface area contributed by atoms with Crippen LogP contribution in [0.15, 0.2) is 53.2 Å². The Morgan fingerprint density at radius 3 is 2.42 bits per heavy atom. The van der Waals surface area contributed by atoms with Crippen molar-refractivity contribution in [3.63, 3.8) is 0 Å². The standard InChI is InChI=1S/C25H26FN3O5S2/c1-35(30,31)13-3-12-29(36(2,32)33)21-15-22-20(14-19(21)16-4-5-16)23(25-27-10-11-28-25)24(34-22)17-6-8-18(26)9-7-17/h6-11,14-16H,3-5,12-13H2,1-2H3,(H,27,28). The Bertz CT molecular complexity index is 1620. The van der Waals surface area contributed by atoms with Gasteiger partial charge in [0.05, 0.1) is 23.3 Å². The smallest absolute Gasteiger partial charge is 0.232 e. The minimum atomic E-state index is -3.70. The zero-order valence-electron chi connectivity index (χ0n) is 19.9. The van der Waals surface area contributed by atoms with E-state index in [1.165, 1.54) is 16.4 Å². The second-order valence-electron chi connectivity index (χ2n) is 9.25. The predicted octanol–water partition coefficient (Wildman–Crippen LogP) is 4.71. The largest absolute Gasteiger partial charge is 0.455 e. The van der Waals surface area contributed by atoms with E-state index in [1.54, 1.807) is 30.6 Å². The number of anilines is 1. The van der Waals surface area contributed by atoms with Gasteiger partial charge in [-0.2, -0.15) is 0 Å². The fraction of sp³-hybridized carbons (Fsp3) is 0.320. The van der Waals surface area contributed by atoms with Crippen LogP contribution in [0.4, 0.5) is 10.1 Å². The lowest BCUT2D eigenvalue weighted by Gasteiger charge is -2.25. The average molecular weight is 532 g/mol. The van der Waals surface area contributed by atoms with Crippen LogP contribution in [-0.2, 0) is 19.9 Å². The van der Waals surface area contributed by atoms with Crippen molar-refractivity contribution in [2.75, 3.05) is 29.1 Å². The van der Waals surface area contributed by atoms with Crippen molar-refractivity contribution in [2.24, 2.45) is 0 Å². The molecule has 0 spiro atoms. The summed E-state index contributed by atoms with van der Waals surface area (Å²) in [6, 6.07) is 9.60. The van der Waals surface area contributed by atoms with Gasteiger partial charge in [0, 0.05) is 42.2 Å². The number of halogens is 1. The Hall–Kier alpha value is -3.18. The Labute approximate surface area is 209 Å². The van der Waals surface area contributed by atoms with Crippen LogP contribution >= 0.6 is 0 Å². The molecule has 1 aliphatic carbocycles. The van der Waals surface area contributed by atoms with Gasteiger partial charge in [0.25, 0.3) is 0 Å². The summed E-state index contributed by atoms with van der Waals surface area (Å²) in [5, 5.41) is 0.763. The Balaban J connectivity index is 1.70. The minimum absolute atomic E-state index is 0.0354. The van der Waals surface area contributed by atoms with Crippen LogP contribution in [0.1, 0.15) is 30.7 Å². The molecule has 2 aromatic carbocycles. The minimum Gasteiger partial charge on any atom is -0.455 e. The van der Waals surface area contributed by atoms with Crippen LogP contribution in [0.2, 0.25) is 0 Å². The highest BCUT2D eigenvalue weighted by Crippen LogP contribution is 2.49. The highest BCUT2D eigenvalue weighted by Gasteiger charge is 2.32. The van der Waals surface area contributed by atoms with Crippen LogP contribution in [-0.4, -0.2) is 51.6 Å². The van der Waals surface area contributed by atoms with Crippen LogP contribution in [0.3, 0.4) is 0 Å². The van der Waals surface area contributed by atoms with Gasteiger partial charge in [0.15, 0.2) is 0 Å². The molecule has 0 saturated heterocycles. The van der Waals surface area contributed by atoms with Gasteiger partial charge in [-0.15, -0.1) is 0 Å². The van der Waals surface area contributed by atoms with Crippen molar-refractivity contribution in [1.82, 2.24) is 9.97 Å².